The minimum Gasteiger partial charge on any atom is -0.481 e. The highest BCUT2D eigenvalue weighted by Crippen LogP contribution is 2.34. The van der Waals surface area contributed by atoms with Crippen molar-refractivity contribution in [1.29, 1.82) is 0 Å². The van der Waals surface area contributed by atoms with Crippen LogP contribution in [0.3, 0.4) is 0 Å². The van der Waals surface area contributed by atoms with Crippen LogP contribution in [-0.2, 0) is 11.2 Å². The number of hydrogen-bond donors (Lipinski definition) is 1. The number of hydrogen-bond acceptors (Lipinski definition) is 4. The standard InChI is InChI=1S/C19H17NO4/c21-19(12-15-6-2-1-3-7-15)20-10-4-5-11-22-16-8-9-17-18(13-16)24-14-23-17/h1-3,6-9,13H,10-12,14H2,(H,20,21). The van der Waals surface area contributed by atoms with Gasteiger partial charge in [0.05, 0.1) is 13.0 Å². The monoisotopic (exact) mass is 323 g/mol. The molecule has 5 heteroatoms. The highest BCUT2D eigenvalue weighted by atomic mass is 16.7. The molecule has 3 rings (SSSR count). The van der Waals surface area contributed by atoms with E-state index in [0.717, 1.165) is 11.3 Å². The molecule has 1 aliphatic rings. The number of carbonyl (C=O) groups excluding carboxylic acids is 1. The van der Waals surface area contributed by atoms with E-state index in [1.807, 2.05) is 30.3 Å². The Labute approximate surface area is 140 Å². The second-order valence-corrected chi connectivity index (χ2v) is 5.10. The van der Waals surface area contributed by atoms with E-state index in [0.29, 0.717) is 24.5 Å². The van der Waals surface area contributed by atoms with Crippen LogP contribution in [0.2, 0.25) is 0 Å². The molecule has 0 unspecified atom stereocenters. The number of nitrogens with one attached hydrogen (secondary N) is 1. The number of carbonyl (C=O) groups is 1. The summed E-state index contributed by atoms with van der Waals surface area (Å²) in [5.74, 6) is 7.73. The van der Waals surface area contributed by atoms with Crippen molar-refractivity contribution < 1.29 is 19.0 Å². The van der Waals surface area contributed by atoms with Crippen molar-refractivity contribution in [2.24, 2.45) is 0 Å². The van der Waals surface area contributed by atoms with Gasteiger partial charge in [-0.25, -0.2) is 0 Å². The molecule has 1 aliphatic heterocycles. The number of ether oxygens (including phenoxy) is 3. The first-order chi connectivity index (χ1) is 11.8. The lowest BCUT2D eigenvalue weighted by molar-refractivity contribution is -0.120. The molecular formula is C19H17NO4. The van der Waals surface area contributed by atoms with E-state index < -0.39 is 0 Å². The number of rotatable bonds is 5. The Hall–Kier alpha value is -3.13. The molecule has 5 nitrogen and oxygen atoms in total. The van der Waals surface area contributed by atoms with E-state index in [2.05, 4.69) is 17.2 Å². The maximum Gasteiger partial charge on any atom is 0.231 e. The van der Waals surface area contributed by atoms with Crippen LogP contribution < -0.4 is 19.5 Å². The summed E-state index contributed by atoms with van der Waals surface area (Å²) >= 11 is 0. The van der Waals surface area contributed by atoms with Crippen molar-refractivity contribution in [3.05, 3.63) is 54.1 Å². The van der Waals surface area contributed by atoms with Crippen LogP contribution in [0.5, 0.6) is 17.2 Å². The van der Waals surface area contributed by atoms with Crippen LogP contribution in [0.15, 0.2) is 48.5 Å². The summed E-state index contributed by atoms with van der Waals surface area (Å²) in [5.41, 5.74) is 0.981. The molecule has 122 valence electrons. The fourth-order valence-corrected chi connectivity index (χ4v) is 2.19. The molecule has 1 amide bonds. The second-order valence-electron chi connectivity index (χ2n) is 5.10. The molecule has 0 saturated heterocycles. The third kappa shape index (κ3) is 4.43. The summed E-state index contributed by atoms with van der Waals surface area (Å²) in [7, 11) is 0. The molecular weight excluding hydrogens is 306 g/mol. The highest BCUT2D eigenvalue weighted by molar-refractivity contribution is 5.78. The zero-order valence-electron chi connectivity index (χ0n) is 13.1. The van der Waals surface area contributed by atoms with E-state index in [9.17, 15) is 4.79 Å². The SMILES string of the molecule is O=C(Cc1ccccc1)NCC#CCOc1ccc2c(c1)OCO2. The summed E-state index contributed by atoms with van der Waals surface area (Å²) < 4.78 is 16.0. The fraction of sp³-hybridized carbons (Fsp3) is 0.211. The first kappa shape index (κ1) is 15.8. The second kappa shape index (κ2) is 7.93. The van der Waals surface area contributed by atoms with Crippen LogP contribution in [0.1, 0.15) is 5.56 Å². The quantitative estimate of drug-likeness (QED) is 0.857. The first-order valence-corrected chi connectivity index (χ1v) is 7.60. The zero-order valence-corrected chi connectivity index (χ0v) is 13.1. The smallest absolute Gasteiger partial charge is 0.231 e. The molecule has 0 saturated carbocycles. The van der Waals surface area contributed by atoms with E-state index in [1.165, 1.54) is 0 Å². The predicted molar refractivity (Wildman–Crippen MR) is 89.0 cm³/mol. The predicted octanol–water partition coefficient (Wildman–Crippen LogP) is 2.16. The summed E-state index contributed by atoms with van der Waals surface area (Å²) in [4.78, 5) is 11.7. The number of amides is 1. The van der Waals surface area contributed by atoms with Gasteiger partial charge in [-0.2, -0.15) is 0 Å². The summed E-state index contributed by atoms with van der Waals surface area (Å²) in [5, 5.41) is 2.76. The molecule has 0 bridgehead atoms. The van der Waals surface area contributed by atoms with E-state index >= 15 is 0 Å². The lowest BCUT2D eigenvalue weighted by Gasteiger charge is -2.03. The molecule has 24 heavy (non-hydrogen) atoms. The van der Waals surface area contributed by atoms with Gasteiger partial charge in [0.25, 0.3) is 0 Å². The Kier molecular flexibility index (Phi) is 5.21. The Balaban J connectivity index is 1.36. The Morgan fingerprint density at radius 1 is 1.08 bits per heavy atom. The van der Waals surface area contributed by atoms with Crippen LogP contribution in [0.4, 0.5) is 0 Å². The average Bonchev–Trinajstić information content (AvgIpc) is 3.06. The van der Waals surface area contributed by atoms with E-state index in [-0.39, 0.29) is 19.3 Å². The largest absolute Gasteiger partial charge is 0.481 e. The van der Waals surface area contributed by atoms with Crippen LogP contribution in [0, 0.1) is 11.8 Å². The van der Waals surface area contributed by atoms with Gasteiger partial charge in [0, 0.05) is 6.07 Å². The maximum absolute atomic E-state index is 11.7. The molecule has 0 fully saturated rings. The third-order valence-corrected chi connectivity index (χ3v) is 3.36. The topological polar surface area (TPSA) is 56.8 Å². The lowest BCUT2D eigenvalue weighted by Crippen LogP contribution is -2.25. The normalized spacial score (nSPS) is 11.3. The van der Waals surface area contributed by atoms with Gasteiger partial charge in [0.1, 0.15) is 12.4 Å². The van der Waals surface area contributed by atoms with Gasteiger partial charge in [0.15, 0.2) is 11.5 Å². The van der Waals surface area contributed by atoms with Crippen LogP contribution in [-0.4, -0.2) is 25.9 Å². The minimum atomic E-state index is -0.0489. The summed E-state index contributed by atoms with van der Waals surface area (Å²) in [6, 6.07) is 15.0. The molecule has 0 radical (unpaired) electrons. The molecule has 1 N–H and O–H groups in total. The van der Waals surface area contributed by atoms with Crippen molar-refractivity contribution in [2.75, 3.05) is 19.9 Å². The molecule has 0 atom stereocenters. The van der Waals surface area contributed by atoms with Gasteiger partial charge in [0.2, 0.25) is 12.7 Å². The molecule has 2 aromatic rings. The van der Waals surface area contributed by atoms with Crippen molar-refractivity contribution in [3.63, 3.8) is 0 Å². The van der Waals surface area contributed by atoms with Gasteiger partial charge in [-0.1, -0.05) is 42.2 Å². The first-order valence-electron chi connectivity index (χ1n) is 7.60. The van der Waals surface area contributed by atoms with Gasteiger partial charge < -0.3 is 19.5 Å². The maximum atomic E-state index is 11.7. The van der Waals surface area contributed by atoms with Crippen molar-refractivity contribution >= 4 is 5.91 Å². The number of fused-ring (bicyclic) bond motifs is 1. The highest BCUT2D eigenvalue weighted by Gasteiger charge is 2.13. The molecule has 0 spiro atoms. The van der Waals surface area contributed by atoms with Gasteiger partial charge in [-0.3, -0.25) is 4.79 Å². The van der Waals surface area contributed by atoms with Gasteiger partial charge >= 0.3 is 0 Å². The van der Waals surface area contributed by atoms with E-state index in [4.69, 9.17) is 14.2 Å². The lowest BCUT2D eigenvalue weighted by atomic mass is 10.1. The zero-order chi connectivity index (χ0) is 16.6. The number of benzene rings is 2. The van der Waals surface area contributed by atoms with E-state index in [1.54, 1.807) is 18.2 Å². The van der Waals surface area contributed by atoms with Crippen molar-refractivity contribution in [1.82, 2.24) is 5.32 Å². The van der Waals surface area contributed by atoms with Crippen molar-refractivity contribution in [2.45, 2.75) is 6.42 Å². The molecule has 0 aliphatic carbocycles. The van der Waals surface area contributed by atoms with Gasteiger partial charge in [-0.05, 0) is 17.7 Å². The Morgan fingerprint density at radius 3 is 2.79 bits per heavy atom. The Morgan fingerprint density at radius 2 is 1.92 bits per heavy atom. The molecule has 1 heterocycles. The van der Waals surface area contributed by atoms with Crippen LogP contribution in [0.25, 0.3) is 0 Å². The van der Waals surface area contributed by atoms with Crippen molar-refractivity contribution in [3.8, 4) is 29.1 Å². The molecule has 0 aromatic heterocycles. The molecule has 2 aromatic carbocycles. The van der Waals surface area contributed by atoms with Gasteiger partial charge in [-0.15, -0.1) is 0 Å². The minimum absolute atomic E-state index is 0.0489. The third-order valence-electron chi connectivity index (χ3n) is 3.36. The Bertz CT molecular complexity index is 762. The fourth-order valence-electron chi connectivity index (χ4n) is 2.19. The summed E-state index contributed by atoms with van der Waals surface area (Å²) in [6.07, 6.45) is 0.357. The summed E-state index contributed by atoms with van der Waals surface area (Å²) in [6.45, 7) is 0.783. The average molecular weight is 323 g/mol. The van der Waals surface area contributed by atoms with Crippen LogP contribution >= 0.6 is 0 Å².